The van der Waals surface area contributed by atoms with Gasteiger partial charge in [0.25, 0.3) is 0 Å². The number of phenolic OH excluding ortho intramolecular Hbond substituents is 1. The monoisotopic (exact) mass is 345 g/mol. The molecule has 0 radical (unpaired) electrons. The van der Waals surface area contributed by atoms with Crippen molar-refractivity contribution in [3.05, 3.63) is 59.2 Å². The number of aromatic hydroxyl groups is 1. The predicted molar refractivity (Wildman–Crippen MR) is 106 cm³/mol. The molecule has 0 atom stereocenters. The second-order valence-corrected chi connectivity index (χ2v) is 9.07. The highest BCUT2D eigenvalue weighted by atomic mass is 16.3. The van der Waals surface area contributed by atoms with Crippen LogP contribution in [-0.4, -0.2) is 11.3 Å². The highest BCUT2D eigenvalue weighted by Gasteiger charge is 2.51. The zero-order valence-corrected chi connectivity index (χ0v) is 15.5. The summed E-state index contributed by atoms with van der Waals surface area (Å²) < 4.78 is 0. The molecular weight excluding hydrogens is 318 g/mol. The minimum absolute atomic E-state index is 0.328. The molecule has 0 unspecified atom stereocenters. The summed E-state index contributed by atoms with van der Waals surface area (Å²) >= 11 is 0. The van der Waals surface area contributed by atoms with Gasteiger partial charge in [-0.05, 0) is 98.4 Å². The number of benzene rings is 2. The van der Waals surface area contributed by atoms with E-state index in [-0.39, 0.29) is 0 Å². The Hall–Kier alpha value is -2.09. The summed E-state index contributed by atoms with van der Waals surface area (Å²) in [7, 11) is 0. The molecule has 134 valence electrons. The Balaban J connectivity index is 1.46. The summed E-state index contributed by atoms with van der Waals surface area (Å²) in [4.78, 5) is 4.58. The largest absolute Gasteiger partial charge is 0.507 e. The van der Waals surface area contributed by atoms with Gasteiger partial charge in [-0.1, -0.05) is 23.8 Å². The van der Waals surface area contributed by atoms with E-state index in [1.54, 1.807) is 0 Å². The highest BCUT2D eigenvalue weighted by molar-refractivity contribution is 5.85. The van der Waals surface area contributed by atoms with Gasteiger partial charge in [0.2, 0.25) is 0 Å². The molecule has 0 amide bonds. The Morgan fingerprint density at radius 3 is 2.15 bits per heavy atom. The number of nitrogens with zero attached hydrogens (tertiary/aromatic N) is 1. The lowest BCUT2D eigenvalue weighted by molar-refractivity contribution is -0.00520. The molecule has 0 aromatic heterocycles. The van der Waals surface area contributed by atoms with E-state index in [1.165, 1.54) is 49.7 Å². The Kier molecular flexibility index (Phi) is 3.70. The molecular formula is C24H27NO. The van der Waals surface area contributed by atoms with Crippen molar-refractivity contribution in [2.24, 2.45) is 22.7 Å². The molecule has 2 aromatic carbocycles. The number of hydrogen-bond donors (Lipinski definition) is 1. The third-order valence-electron chi connectivity index (χ3n) is 7.06. The van der Waals surface area contributed by atoms with Crippen LogP contribution in [0.5, 0.6) is 5.75 Å². The van der Waals surface area contributed by atoms with Crippen LogP contribution in [0.2, 0.25) is 0 Å². The average Bonchev–Trinajstić information content (AvgIpc) is 2.61. The van der Waals surface area contributed by atoms with Crippen molar-refractivity contribution < 1.29 is 5.11 Å². The lowest BCUT2D eigenvalue weighted by atomic mass is 9.48. The van der Waals surface area contributed by atoms with E-state index >= 15 is 0 Å². The number of rotatable bonds is 3. The van der Waals surface area contributed by atoms with Crippen LogP contribution in [0.4, 0.5) is 5.69 Å². The van der Waals surface area contributed by atoms with Crippen LogP contribution in [0, 0.1) is 24.7 Å². The highest BCUT2D eigenvalue weighted by Crippen LogP contribution is 2.60. The van der Waals surface area contributed by atoms with Crippen LogP contribution in [0.3, 0.4) is 0 Å². The summed E-state index contributed by atoms with van der Waals surface area (Å²) in [5, 5.41) is 10.3. The van der Waals surface area contributed by atoms with Gasteiger partial charge in [-0.2, -0.15) is 0 Å². The zero-order chi connectivity index (χ0) is 17.7. The number of hydrogen-bond acceptors (Lipinski definition) is 2. The maximum Gasteiger partial charge on any atom is 0.124 e. The van der Waals surface area contributed by atoms with E-state index in [1.807, 2.05) is 24.4 Å². The second kappa shape index (κ2) is 5.97. The minimum Gasteiger partial charge on any atom is -0.507 e. The second-order valence-electron chi connectivity index (χ2n) is 9.07. The maximum absolute atomic E-state index is 10.3. The number of aryl methyl sites for hydroxylation is 1. The van der Waals surface area contributed by atoms with Crippen molar-refractivity contribution in [1.82, 2.24) is 0 Å². The zero-order valence-electron chi connectivity index (χ0n) is 15.5. The van der Waals surface area contributed by atoms with Gasteiger partial charge >= 0.3 is 0 Å². The SMILES string of the molecule is Cc1ccc(N=Cc2cc(C34CC5CC(CC(C5)C3)C4)ccc2O)cc1. The first kappa shape index (κ1) is 16.1. The summed E-state index contributed by atoms with van der Waals surface area (Å²) in [6.45, 7) is 2.08. The van der Waals surface area contributed by atoms with E-state index in [9.17, 15) is 5.11 Å². The first-order chi connectivity index (χ1) is 12.6. The van der Waals surface area contributed by atoms with E-state index in [2.05, 4.69) is 36.2 Å². The van der Waals surface area contributed by atoms with Gasteiger partial charge in [-0.25, -0.2) is 0 Å². The smallest absolute Gasteiger partial charge is 0.124 e. The van der Waals surface area contributed by atoms with E-state index in [0.717, 1.165) is 29.0 Å². The van der Waals surface area contributed by atoms with Gasteiger partial charge in [0.1, 0.15) is 5.75 Å². The Bertz CT molecular complexity index is 814. The van der Waals surface area contributed by atoms with Crippen LogP contribution in [0.25, 0.3) is 0 Å². The normalized spacial score (nSPS) is 32.4. The van der Waals surface area contributed by atoms with Crippen LogP contribution in [-0.2, 0) is 5.41 Å². The van der Waals surface area contributed by atoms with E-state index < -0.39 is 0 Å². The van der Waals surface area contributed by atoms with Crippen LogP contribution in [0.15, 0.2) is 47.5 Å². The standard InChI is InChI=1S/C24H27NO/c1-16-2-5-22(6-3-16)25-15-20-11-21(4-7-23(20)26)24-12-17-8-18(13-24)10-19(9-17)14-24/h2-7,11,15,17-19,26H,8-10,12-14H2,1H3. The lowest BCUT2D eigenvalue weighted by Gasteiger charge is -2.57. The van der Waals surface area contributed by atoms with Gasteiger partial charge in [-0.15, -0.1) is 0 Å². The fourth-order valence-electron chi connectivity index (χ4n) is 6.23. The summed E-state index contributed by atoms with van der Waals surface area (Å²) in [6.07, 6.45) is 10.2. The molecule has 4 aliphatic carbocycles. The number of phenols is 1. The molecule has 1 N–H and O–H groups in total. The van der Waals surface area contributed by atoms with Gasteiger partial charge in [0.05, 0.1) is 5.69 Å². The van der Waals surface area contributed by atoms with E-state index in [4.69, 9.17) is 0 Å². The first-order valence-corrected chi connectivity index (χ1v) is 10.0. The Morgan fingerprint density at radius 1 is 0.923 bits per heavy atom. The van der Waals surface area contributed by atoms with E-state index in [0.29, 0.717) is 11.2 Å². The molecule has 26 heavy (non-hydrogen) atoms. The third kappa shape index (κ3) is 2.76. The van der Waals surface area contributed by atoms with Gasteiger partial charge in [-0.3, -0.25) is 4.99 Å². The van der Waals surface area contributed by atoms with Crippen molar-refractivity contribution in [3.8, 4) is 5.75 Å². The molecule has 4 fully saturated rings. The quantitative estimate of drug-likeness (QED) is 0.688. The topological polar surface area (TPSA) is 32.6 Å². The fraction of sp³-hybridized carbons (Fsp3) is 0.458. The maximum atomic E-state index is 10.3. The van der Waals surface area contributed by atoms with Gasteiger partial charge in [0.15, 0.2) is 0 Å². The Morgan fingerprint density at radius 2 is 1.54 bits per heavy atom. The van der Waals surface area contributed by atoms with Crippen molar-refractivity contribution in [2.45, 2.75) is 50.9 Å². The fourth-order valence-corrected chi connectivity index (χ4v) is 6.23. The molecule has 6 rings (SSSR count). The van der Waals surface area contributed by atoms with Crippen LogP contribution in [0.1, 0.15) is 55.2 Å². The summed E-state index contributed by atoms with van der Waals surface area (Å²) in [5.74, 6) is 3.12. The number of aliphatic imine (C=N–C) groups is 1. The molecule has 0 saturated heterocycles. The van der Waals surface area contributed by atoms with Crippen molar-refractivity contribution in [3.63, 3.8) is 0 Å². The molecule has 4 aliphatic rings. The summed E-state index contributed by atoms with van der Waals surface area (Å²) in [6, 6.07) is 14.4. The molecule has 0 heterocycles. The Labute approximate surface area is 156 Å². The van der Waals surface area contributed by atoms with Crippen molar-refractivity contribution >= 4 is 11.9 Å². The van der Waals surface area contributed by atoms with Gasteiger partial charge < -0.3 is 5.11 Å². The van der Waals surface area contributed by atoms with Gasteiger partial charge in [0, 0.05) is 11.8 Å². The summed E-state index contributed by atoms with van der Waals surface area (Å²) in [5.41, 5.74) is 4.79. The average molecular weight is 345 g/mol. The molecule has 4 bridgehead atoms. The first-order valence-electron chi connectivity index (χ1n) is 10.0. The molecule has 4 saturated carbocycles. The molecule has 0 aliphatic heterocycles. The lowest BCUT2D eigenvalue weighted by Crippen LogP contribution is -2.48. The molecule has 2 nitrogen and oxygen atoms in total. The molecule has 2 aromatic rings. The molecule has 2 heteroatoms. The third-order valence-corrected chi connectivity index (χ3v) is 7.06. The minimum atomic E-state index is 0.328. The van der Waals surface area contributed by atoms with Crippen LogP contribution < -0.4 is 0 Å². The van der Waals surface area contributed by atoms with Crippen molar-refractivity contribution in [1.29, 1.82) is 0 Å². The van der Waals surface area contributed by atoms with Crippen molar-refractivity contribution in [2.75, 3.05) is 0 Å². The predicted octanol–water partition coefficient (Wildman–Crippen LogP) is 5.92. The van der Waals surface area contributed by atoms with Crippen LogP contribution >= 0.6 is 0 Å². The molecule has 0 spiro atoms.